The van der Waals surface area contributed by atoms with Crippen molar-refractivity contribution in [3.05, 3.63) is 32.9 Å². The predicted molar refractivity (Wildman–Crippen MR) is 152 cm³/mol. The van der Waals surface area contributed by atoms with Crippen LogP contribution in [-0.2, 0) is 35.3 Å². The maximum atomic E-state index is 14.6. The lowest BCUT2D eigenvalue weighted by Gasteiger charge is -2.26. The van der Waals surface area contributed by atoms with Crippen molar-refractivity contribution in [2.24, 2.45) is 0 Å². The zero-order valence-corrected chi connectivity index (χ0v) is 25.2. The Kier molecular flexibility index (Phi) is 15.1. The molecule has 1 fully saturated rings. The molecule has 1 N–H and O–H groups in total. The third kappa shape index (κ3) is 10.1. The van der Waals surface area contributed by atoms with Crippen molar-refractivity contribution in [1.29, 1.82) is 0 Å². The third-order valence-corrected chi connectivity index (χ3v) is 7.48. The standard InChI is InChI=1S/C30H47FN2O9/c1-4-7-9-11-13-16-23(34)30(39)18-25(42-24(30)20-40-27(36)17-14-12-10-8-5-2)32-19-22(31)28(37)33(29(32)38)21-41-26(35)15-6-3/h19,24-25,39H,4-18,20-21H2,1-3H3/t24-,25-,30-/m1/s1. The molecule has 2 rings (SSSR count). The number of Topliss-reactive ketones (excluding diaryl/α,β-unsaturated/α-hetero) is 1. The summed E-state index contributed by atoms with van der Waals surface area (Å²) >= 11 is 0. The molecule has 0 bridgehead atoms. The summed E-state index contributed by atoms with van der Waals surface area (Å²) in [7, 11) is 0. The van der Waals surface area contributed by atoms with Gasteiger partial charge < -0.3 is 19.3 Å². The Balaban J connectivity index is 2.24. The van der Waals surface area contributed by atoms with Gasteiger partial charge in [-0.05, 0) is 19.3 Å². The summed E-state index contributed by atoms with van der Waals surface area (Å²) in [5.41, 5.74) is -4.45. The van der Waals surface area contributed by atoms with E-state index in [1.165, 1.54) is 0 Å². The highest BCUT2D eigenvalue weighted by atomic mass is 19.1. The first-order valence-corrected chi connectivity index (χ1v) is 15.3. The molecule has 1 saturated heterocycles. The molecule has 42 heavy (non-hydrogen) atoms. The fourth-order valence-electron chi connectivity index (χ4n) is 4.92. The number of carbonyl (C=O) groups is 3. The van der Waals surface area contributed by atoms with Crippen LogP contribution < -0.4 is 11.2 Å². The predicted octanol–water partition coefficient (Wildman–Crippen LogP) is 4.30. The minimum absolute atomic E-state index is 0.0499. The van der Waals surface area contributed by atoms with Crippen LogP contribution in [0.5, 0.6) is 0 Å². The number of halogens is 1. The summed E-state index contributed by atoms with van der Waals surface area (Å²) in [6, 6.07) is 0. The molecule has 0 spiro atoms. The number of hydrogen-bond donors (Lipinski definition) is 1. The van der Waals surface area contributed by atoms with E-state index in [0.717, 1.165) is 55.9 Å². The number of carbonyl (C=O) groups excluding carboxylic acids is 3. The van der Waals surface area contributed by atoms with Crippen LogP contribution in [0.2, 0.25) is 0 Å². The van der Waals surface area contributed by atoms with E-state index in [9.17, 15) is 33.5 Å². The molecule has 0 unspecified atom stereocenters. The molecule has 0 amide bonds. The molecule has 1 aliphatic rings. The Morgan fingerprint density at radius 1 is 0.905 bits per heavy atom. The molecule has 3 atom stereocenters. The zero-order chi connectivity index (χ0) is 31.1. The summed E-state index contributed by atoms with van der Waals surface area (Å²) in [6.07, 6.45) is 7.33. The topological polar surface area (TPSA) is 143 Å². The quantitative estimate of drug-likeness (QED) is 0.172. The maximum Gasteiger partial charge on any atom is 0.336 e. The van der Waals surface area contributed by atoms with Gasteiger partial charge in [-0.15, -0.1) is 0 Å². The van der Waals surface area contributed by atoms with Gasteiger partial charge in [0.2, 0.25) is 5.82 Å². The minimum Gasteiger partial charge on any atom is -0.463 e. The third-order valence-electron chi connectivity index (χ3n) is 7.48. The largest absolute Gasteiger partial charge is 0.463 e. The number of aliphatic hydroxyl groups is 1. The van der Waals surface area contributed by atoms with Crippen LogP contribution in [-0.4, -0.2) is 50.3 Å². The van der Waals surface area contributed by atoms with E-state index in [1.807, 2.05) is 0 Å². The molecular formula is C30H47FN2O9. The highest BCUT2D eigenvalue weighted by Crippen LogP contribution is 2.38. The molecule has 238 valence electrons. The summed E-state index contributed by atoms with van der Waals surface area (Å²) in [6.45, 7) is 4.67. The average molecular weight is 599 g/mol. The molecule has 1 aromatic heterocycles. The van der Waals surface area contributed by atoms with Crippen molar-refractivity contribution in [2.75, 3.05) is 6.61 Å². The van der Waals surface area contributed by atoms with E-state index < -0.39 is 72.5 Å². The van der Waals surface area contributed by atoms with Crippen LogP contribution in [0.4, 0.5) is 4.39 Å². The summed E-state index contributed by atoms with van der Waals surface area (Å²) in [5.74, 6) is -3.01. The van der Waals surface area contributed by atoms with Crippen molar-refractivity contribution in [2.45, 2.75) is 142 Å². The fourth-order valence-corrected chi connectivity index (χ4v) is 4.92. The summed E-state index contributed by atoms with van der Waals surface area (Å²) in [4.78, 5) is 62.9. The molecule has 0 aromatic carbocycles. The molecule has 0 saturated carbocycles. The van der Waals surface area contributed by atoms with Gasteiger partial charge in [0, 0.05) is 25.7 Å². The van der Waals surface area contributed by atoms with E-state index in [2.05, 4.69) is 13.8 Å². The van der Waals surface area contributed by atoms with Gasteiger partial charge in [-0.25, -0.2) is 9.36 Å². The highest BCUT2D eigenvalue weighted by molar-refractivity contribution is 5.88. The monoisotopic (exact) mass is 598 g/mol. The lowest BCUT2D eigenvalue weighted by atomic mass is 9.87. The molecule has 12 heteroatoms. The first-order chi connectivity index (χ1) is 20.1. The maximum absolute atomic E-state index is 14.6. The van der Waals surface area contributed by atoms with Gasteiger partial charge in [0.15, 0.2) is 18.1 Å². The summed E-state index contributed by atoms with van der Waals surface area (Å²) < 4.78 is 31.9. The van der Waals surface area contributed by atoms with Crippen LogP contribution in [0, 0.1) is 5.82 Å². The number of ether oxygens (including phenoxy) is 3. The van der Waals surface area contributed by atoms with E-state index in [1.54, 1.807) is 6.92 Å². The van der Waals surface area contributed by atoms with E-state index in [0.29, 0.717) is 30.0 Å². The number of unbranched alkanes of at least 4 members (excludes halogenated alkanes) is 8. The van der Waals surface area contributed by atoms with Crippen LogP contribution in [0.15, 0.2) is 15.8 Å². The number of nitrogens with zero attached hydrogens (tertiary/aromatic N) is 2. The normalized spacial score (nSPS) is 20.0. The number of esters is 2. The van der Waals surface area contributed by atoms with Gasteiger partial charge in [0.25, 0.3) is 5.56 Å². The van der Waals surface area contributed by atoms with Gasteiger partial charge in [-0.2, -0.15) is 4.39 Å². The van der Waals surface area contributed by atoms with E-state index >= 15 is 0 Å². The van der Waals surface area contributed by atoms with Crippen molar-refractivity contribution in [1.82, 2.24) is 9.13 Å². The second-order valence-corrected chi connectivity index (χ2v) is 10.9. The Labute approximate surface area is 246 Å². The fraction of sp³-hybridized carbons (Fsp3) is 0.767. The lowest BCUT2D eigenvalue weighted by Crippen LogP contribution is -2.48. The second kappa shape index (κ2) is 17.9. The molecule has 11 nitrogen and oxygen atoms in total. The number of ketones is 1. The summed E-state index contributed by atoms with van der Waals surface area (Å²) in [5, 5.41) is 11.5. The molecule has 0 radical (unpaired) electrons. The lowest BCUT2D eigenvalue weighted by molar-refractivity contribution is -0.160. The number of rotatable bonds is 20. The van der Waals surface area contributed by atoms with E-state index in [-0.39, 0.29) is 19.3 Å². The van der Waals surface area contributed by atoms with Crippen LogP contribution in [0.1, 0.15) is 123 Å². The Hall–Kier alpha value is -2.86. The van der Waals surface area contributed by atoms with Crippen LogP contribution >= 0.6 is 0 Å². The first kappa shape index (κ1) is 35.3. The smallest absolute Gasteiger partial charge is 0.336 e. The molecule has 1 aromatic rings. The van der Waals surface area contributed by atoms with Crippen LogP contribution in [0.3, 0.4) is 0 Å². The van der Waals surface area contributed by atoms with Crippen molar-refractivity contribution < 1.29 is 38.1 Å². The first-order valence-electron chi connectivity index (χ1n) is 15.3. The van der Waals surface area contributed by atoms with Gasteiger partial charge in [-0.1, -0.05) is 72.1 Å². The van der Waals surface area contributed by atoms with Gasteiger partial charge >= 0.3 is 17.6 Å². The number of aromatic nitrogens is 2. The highest BCUT2D eigenvalue weighted by Gasteiger charge is 2.53. The second-order valence-electron chi connectivity index (χ2n) is 10.9. The SMILES string of the molecule is CCCCCCCC(=O)OC[C@H]1O[C@@H](n2cc(F)c(=O)n(COC(=O)CCC)c2=O)C[C@@]1(O)C(=O)CCCCCCC. The molecular weight excluding hydrogens is 551 g/mol. The van der Waals surface area contributed by atoms with Crippen LogP contribution in [0.25, 0.3) is 0 Å². The van der Waals surface area contributed by atoms with Gasteiger partial charge in [0.1, 0.15) is 18.9 Å². The van der Waals surface area contributed by atoms with Crippen molar-refractivity contribution in [3.8, 4) is 0 Å². The van der Waals surface area contributed by atoms with Crippen molar-refractivity contribution in [3.63, 3.8) is 0 Å². The molecule has 2 heterocycles. The Morgan fingerprint density at radius 2 is 1.50 bits per heavy atom. The minimum atomic E-state index is -2.11. The Morgan fingerprint density at radius 3 is 2.12 bits per heavy atom. The van der Waals surface area contributed by atoms with Gasteiger partial charge in [-0.3, -0.25) is 23.7 Å². The Bertz CT molecular complexity index is 1150. The molecule has 0 aliphatic carbocycles. The van der Waals surface area contributed by atoms with Gasteiger partial charge in [0.05, 0.1) is 6.20 Å². The number of hydrogen-bond acceptors (Lipinski definition) is 9. The average Bonchev–Trinajstić information content (AvgIpc) is 3.30. The zero-order valence-electron chi connectivity index (χ0n) is 25.2. The molecule has 1 aliphatic heterocycles. The van der Waals surface area contributed by atoms with Crippen molar-refractivity contribution >= 4 is 17.7 Å². The van der Waals surface area contributed by atoms with E-state index in [4.69, 9.17) is 14.2 Å².